The molecule has 6 heteroatoms. The molecule has 1 saturated heterocycles. The molecule has 0 radical (unpaired) electrons. The van der Waals surface area contributed by atoms with E-state index in [1.165, 1.54) is 17.1 Å². The van der Waals surface area contributed by atoms with Crippen molar-refractivity contribution in [1.29, 1.82) is 0 Å². The highest BCUT2D eigenvalue weighted by Crippen LogP contribution is 2.34. The van der Waals surface area contributed by atoms with Gasteiger partial charge in [-0.25, -0.2) is 0 Å². The van der Waals surface area contributed by atoms with Crippen molar-refractivity contribution in [2.24, 2.45) is 23.2 Å². The summed E-state index contributed by atoms with van der Waals surface area (Å²) in [6, 6.07) is 0. The van der Waals surface area contributed by atoms with Gasteiger partial charge in [-0.3, -0.25) is 24.1 Å². The van der Waals surface area contributed by atoms with E-state index in [2.05, 4.69) is 20.8 Å². The Morgan fingerprint density at radius 1 is 0.824 bits per heavy atom. The molecule has 1 saturated carbocycles. The number of nitrogens with zero attached hydrogens (tertiary/aromatic N) is 2. The molecule has 0 aromatic carbocycles. The summed E-state index contributed by atoms with van der Waals surface area (Å²) < 4.78 is 0. The number of Topliss-reactive ketones (excluding diaryl/α,β-unsaturated/α-hetero) is 1. The molecule has 0 unspecified atom stereocenters. The topological polar surface area (TPSA) is 74.8 Å². The molecule has 0 spiro atoms. The van der Waals surface area contributed by atoms with Crippen LogP contribution < -0.4 is 0 Å². The average molecular weight is 473 g/mol. The number of hydrogen-bond donors (Lipinski definition) is 0. The first-order valence-electron chi connectivity index (χ1n) is 13.5. The highest BCUT2D eigenvalue weighted by atomic mass is 16.2. The molecule has 2 fully saturated rings. The molecule has 0 bridgehead atoms. The number of hydrogen-bond acceptors (Lipinski definition) is 4. The summed E-state index contributed by atoms with van der Waals surface area (Å²) in [5.41, 5.74) is 0.331. The first-order chi connectivity index (χ1) is 16.1. The van der Waals surface area contributed by atoms with Crippen LogP contribution in [0.1, 0.15) is 97.8 Å². The minimum Gasteiger partial charge on any atom is -0.343 e. The van der Waals surface area contributed by atoms with E-state index in [-0.39, 0.29) is 17.7 Å². The summed E-state index contributed by atoms with van der Waals surface area (Å²) in [6.45, 7) is 9.18. The van der Waals surface area contributed by atoms with Crippen molar-refractivity contribution >= 4 is 23.5 Å². The van der Waals surface area contributed by atoms with E-state index in [0.717, 1.165) is 77.3 Å². The fourth-order valence-electron chi connectivity index (χ4n) is 5.82. The molecule has 1 aliphatic carbocycles. The van der Waals surface area contributed by atoms with Crippen molar-refractivity contribution in [3.05, 3.63) is 12.2 Å². The van der Waals surface area contributed by atoms with Crippen LogP contribution >= 0.6 is 0 Å². The maximum absolute atomic E-state index is 12.6. The van der Waals surface area contributed by atoms with Gasteiger partial charge in [-0.15, -0.1) is 0 Å². The van der Waals surface area contributed by atoms with Crippen LogP contribution in [0.25, 0.3) is 0 Å². The Kier molecular flexibility index (Phi) is 9.49. The van der Waals surface area contributed by atoms with Crippen molar-refractivity contribution < 1.29 is 19.2 Å². The van der Waals surface area contributed by atoms with Crippen LogP contribution in [0.3, 0.4) is 0 Å². The van der Waals surface area contributed by atoms with E-state index >= 15 is 0 Å². The number of piperidine rings is 1. The number of amides is 3. The van der Waals surface area contributed by atoms with Crippen LogP contribution in [0.4, 0.5) is 0 Å². The van der Waals surface area contributed by atoms with Crippen LogP contribution in [0.15, 0.2) is 12.2 Å². The summed E-state index contributed by atoms with van der Waals surface area (Å²) in [4.78, 5) is 51.9. The van der Waals surface area contributed by atoms with Gasteiger partial charge in [-0.1, -0.05) is 33.6 Å². The number of imide groups is 1. The Bertz CT molecular complexity index is 748. The van der Waals surface area contributed by atoms with Crippen molar-refractivity contribution in [1.82, 2.24) is 9.80 Å². The van der Waals surface area contributed by atoms with Crippen LogP contribution in [0, 0.1) is 23.2 Å². The molecular formula is C28H44N2O4. The molecule has 190 valence electrons. The summed E-state index contributed by atoms with van der Waals surface area (Å²) in [5, 5.41) is 0. The smallest absolute Gasteiger partial charge is 0.253 e. The summed E-state index contributed by atoms with van der Waals surface area (Å²) in [7, 11) is 0. The van der Waals surface area contributed by atoms with Gasteiger partial charge < -0.3 is 4.90 Å². The monoisotopic (exact) mass is 472 g/mol. The van der Waals surface area contributed by atoms with Crippen molar-refractivity contribution in [2.45, 2.75) is 97.8 Å². The quantitative estimate of drug-likeness (QED) is 0.334. The second kappa shape index (κ2) is 12.1. The Morgan fingerprint density at radius 2 is 1.38 bits per heavy atom. The Morgan fingerprint density at radius 3 is 1.94 bits per heavy atom. The van der Waals surface area contributed by atoms with Gasteiger partial charge in [-0.2, -0.15) is 0 Å². The van der Waals surface area contributed by atoms with Crippen LogP contribution in [0.5, 0.6) is 0 Å². The Labute approximate surface area is 205 Å². The lowest BCUT2D eigenvalue weighted by molar-refractivity contribution is -0.138. The maximum atomic E-state index is 12.6. The van der Waals surface area contributed by atoms with Gasteiger partial charge in [0.15, 0.2) is 0 Å². The number of carbonyl (C=O) groups is 4. The van der Waals surface area contributed by atoms with E-state index in [4.69, 9.17) is 0 Å². The Hall–Kier alpha value is -1.98. The number of unbranched alkanes of at least 4 members (excludes halogenated alkanes) is 3. The van der Waals surface area contributed by atoms with Crippen molar-refractivity contribution in [3.8, 4) is 0 Å². The number of ketones is 1. The van der Waals surface area contributed by atoms with Crippen molar-refractivity contribution in [2.75, 3.05) is 19.6 Å². The van der Waals surface area contributed by atoms with Crippen molar-refractivity contribution in [3.63, 3.8) is 0 Å². The van der Waals surface area contributed by atoms with Crippen LogP contribution in [-0.4, -0.2) is 52.9 Å². The molecule has 0 N–H and O–H groups in total. The first-order valence-corrected chi connectivity index (χ1v) is 13.5. The zero-order valence-electron chi connectivity index (χ0n) is 21.5. The highest BCUT2D eigenvalue weighted by Gasteiger charge is 2.31. The second-order valence-electron chi connectivity index (χ2n) is 11.7. The average Bonchev–Trinajstić information content (AvgIpc) is 3.13. The van der Waals surface area contributed by atoms with Crippen LogP contribution in [0.2, 0.25) is 0 Å². The summed E-state index contributed by atoms with van der Waals surface area (Å²) in [5.74, 6) is 1.40. The van der Waals surface area contributed by atoms with Gasteiger partial charge in [-0.05, 0) is 68.6 Å². The predicted molar refractivity (Wildman–Crippen MR) is 133 cm³/mol. The number of carbonyl (C=O) groups excluding carboxylic acids is 4. The molecule has 0 aromatic rings. The third kappa shape index (κ3) is 7.51. The van der Waals surface area contributed by atoms with Gasteiger partial charge in [0.05, 0.1) is 0 Å². The third-order valence-corrected chi connectivity index (χ3v) is 8.28. The fourth-order valence-corrected chi connectivity index (χ4v) is 5.82. The molecule has 0 aromatic heterocycles. The third-order valence-electron chi connectivity index (χ3n) is 8.28. The summed E-state index contributed by atoms with van der Waals surface area (Å²) in [6.07, 6.45) is 13.6. The molecule has 6 nitrogen and oxygen atoms in total. The van der Waals surface area contributed by atoms with E-state index < -0.39 is 0 Å². The molecule has 2 aliphatic heterocycles. The van der Waals surface area contributed by atoms with E-state index in [9.17, 15) is 19.2 Å². The molecule has 3 amide bonds. The summed E-state index contributed by atoms with van der Waals surface area (Å²) >= 11 is 0. The molecule has 34 heavy (non-hydrogen) atoms. The lowest BCUT2D eigenvalue weighted by atomic mass is 9.75. The second-order valence-corrected chi connectivity index (χ2v) is 11.7. The molecule has 2 heterocycles. The lowest BCUT2D eigenvalue weighted by Gasteiger charge is -2.38. The Balaban J connectivity index is 1.22. The SMILES string of the molecule is CC(C)(C)C1CCN(C(=O)CCCCCCC(=O)C2CCC(CN3C(=O)C=CC3=O)CC2)CC1. The van der Waals surface area contributed by atoms with E-state index in [1.54, 1.807) is 0 Å². The standard InChI is InChI=1S/C28H44N2O4/c1-28(2,3)23-16-18-29(19-17-23)25(32)9-7-5-4-6-8-24(31)22-12-10-21(11-13-22)20-30-26(33)14-15-27(30)34/h14-15,21-23H,4-13,16-20H2,1-3H3. The first kappa shape index (κ1) is 26.6. The number of rotatable bonds is 10. The highest BCUT2D eigenvalue weighted by molar-refractivity contribution is 6.12. The number of likely N-dealkylation sites (tertiary alicyclic amines) is 1. The van der Waals surface area contributed by atoms with Gasteiger partial charge in [0.25, 0.3) is 11.8 Å². The van der Waals surface area contributed by atoms with Crippen LogP contribution in [-0.2, 0) is 19.2 Å². The van der Waals surface area contributed by atoms with Gasteiger partial charge >= 0.3 is 0 Å². The van der Waals surface area contributed by atoms with Gasteiger partial charge in [0.2, 0.25) is 5.91 Å². The fraction of sp³-hybridized carbons (Fsp3) is 0.786. The largest absolute Gasteiger partial charge is 0.343 e. The molecular weight excluding hydrogens is 428 g/mol. The maximum Gasteiger partial charge on any atom is 0.253 e. The minimum atomic E-state index is -0.213. The molecule has 0 atom stereocenters. The van der Waals surface area contributed by atoms with E-state index in [0.29, 0.717) is 48.3 Å². The normalized spacial score (nSPS) is 24.2. The minimum absolute atomic E-state index is 0.136. The predicted octanol–water partition coefficient (Wildman–Crippen LogP) is 4.91. The van der Waals surface area contributed by atoms with E-state index in [1.807, 2.05) is 4.90 Å². The zero-order chi connectivity index (χ0) is 24.7. The zero-order valence-corrected chi connectivity index (χ0v) is 21.5. The molecule has 3 rings (SSSR count). The van der Waals surface area contributed by atoms with Gasteiger partial charge in [0.1, 0.15) is 5.78 Å². The molecule has 3 aliphatic rings. The lowest BCUT2D eigenvalue weighted by Crippen LogP contribution is -2.41. The van der Waals surface area contributed by atoms with Gasteiger partial charge in [0, 0.05) is 50.5 Å².